The Morgan fingerprint density at radius 3 is 2.81 bits per heavy atom. The highest BCUT2D eigenvalue weighted by Crippen LogP contribution is 2.34. The molecule has 1 fully saturated rings. The molecule has 0 radical (unpaired) electrons. The minimum Gasteiger partial charge on any atom is -0.506 e. The fraction of sp³-hybridized carbons (Fsp3) is 0.391. The number of esters is 1. The predicted octanol–water partition coefficient (Wildman–Crippen LogP) is 4.77. The molecular formula is C23H26Cl2N4O3. The van der Waals surface area contributed by atoms with Crippen LogP contribution in [0.4, 0.5) is 5.95 Å². The summed E-state index contributed by atoms with van der Waals surface area (Å²) in [4.78, 5) is 20.0. The molecule has 32 heavy (non-hydrogen) atoms. The molecule has 2 aromatic carbocycles. The number of nitrogens with zero attached hydrogens (tertiary/aromatic N) is 1. The first kappa shape index (κ1) is 22.7. The topological polar surface area (TPSA) is 99.3 Å². The number of aromatic hydroxyl groups is 1. The van der Waals surface area contributed by atoms with Crippen LogP contribution in [-0.4, -0.2) is 46.8 Å². The summed E-state index contributed by atoms with van der Waals surface area (Å²) in [5, 5.41) is 18.1. The number of benzene rings is 2. The average Bonchev–Trinajstić information content (AvgIpc) is 3.19. The lowest BCUT2D eigenvalue weighted by Crippen LogP contribution is -2.39. The highest BCUT2D eigenvalue weighted by atomic mass is 35.5. The molecule has 1 aliphatic rings. The smallest absolute Gasteiger partial charge is 0.338 e. The van der Waals surface area contributed by atoms with Crippen molar-refractivity contribution in [3.05, 3.63) is 51.5 Å². The molecule has 4 rings (SSSR count). The number of nitrogens with one attached hydrogen (secondary N) is 3. The van der Waals surface area contributed by atoms with E-state index in [0.29, 0.717) is 46.6 Å². The summed E-state index contributed by atoms with van der Waals surface area (Å²) in [6.07, 6.45) is 2.54. The summed E-state index contributed by atoms with van der Waals surface area (Å²) >= 11 is 12.3. The van der Waals surface area contributed by atoms with Gasteiger partial charge in [-0.3, -0.25) is 0 Å². The van der Waals surface area contributed by atoms with Crippen LogP contribution in [0.5, 0.6) is 5.75 Å². The van der Waals surface area contributed by atoms with Gasteiger partial charge in [0.25, 0.3) is 0 Å². The first-order valence-corrected chi connectivity index (χ1v) is 11.5. The van der Waals surface area contributed by atoms with Crippen molar-refractivity contribution in [1.82, 2.24) is 15.3 Å². The molecule has 0 aliphatic carbocycles. The van der Waals surface area contributed by atoms with E-state index in [4.69, 9.17) is 27.9 Å². The van der Waals surface area contributed by atoms with Gasteiger partial charge < -0.3 is 25.5 Å². The van der Waals surface area contributed by atoms with Crippen LogP contribution in [-0.2, 0) is 11.2 Å². The molecule has 2 heterocycles. The molecule has 7 nitrogen and oxygen atoms in total. The number of hydrogen-bond acceptors (Lipinski definition) is 6. The zero-order valence-corrected chi connectivity index (χ0v) is 19.3. The quantitative estimate of drug-likeness (QED) is 0.366. The van der Waals surface area contributed by atoms with Crippen LogP contribution in [0.3, 0.4) is 0 Å². The first-order chi connectivity index (χ1) is 15.4. The number of imidazole rings is 1. The molecule has 1 aromatic heterocycles. The Morgan fingerprint density at radius 1 is 1.28 bits per heavy atom. The van der Waals surface area contributed by atoms with Gasteiger partial charge in [-0.2, -0.15) is 0 Å². The third kappa shape index (κ3) is 5.11. The fourth-order valence-corrected chi connectivity index (χ4v) is 4.72. The van der Waals surface area contributed by atoms with Crippen LogP contribution in [0.15, 0.2) is 30.3 Å². The van der Waals surface area contributed by atoms with Crippen molar-refractivity contribution in [2.75, 3.05) is 25.0 Å². The van der Waals surface area contributed by atoms with E-state index in [2.05, 4.69) is 20.6 Å². The molecule has 0 spiro atoms. The number of halogens is 2. The highest BCUT2D eigenvalue weighted by Gasteiger charge is 2.26. The number of aromatic nitrogens is 2. The first-order valence-electron chi connectivity index (χ1n) is 10.8. The van der Waals surface area contributed by atoms with Crippen molar-refractivity contribution >= 4 is 46.2 Å². The standard InChI is InChI=1S/C23H26Cl2N4O3/c1-2-32-22(31)14-3-4-18-20(10-14)29-23(27-18)28-19(13-5-7-26-8-6-13)11-15-9-16(24)12-17(25)21(15)30/h3-4,9-10,12-13,19,26,30H,2,5-8,11H2,1H3,(H2,27,28,29). The number of rotatable bonds is 7. The maximum absolute atomic E-state index is 12.0. The molecule has 3 aromatic rings. The molecule has 1 saturated heterocycles. The maximum Gasteiger partial charge on any atom is 0.338 e. The lowest BCUT2D eigenvalue weighted by molar-refractivity contribution is 0.0526. The van der Waals surface area contributed by atoms with Gasteiger partial charge in [-0.1, -0.05) is 23.2 Å². The van der Waals surface area contributed by atoms with Gasteiger partial charge in [-0.25, -0.2) is 9.78 Å². The van der Waals surface area contributed by atoms with Crippen molar-refractivity contribution in [3.8, 4) is 5.75 Å². The molecule has 4 N–H and O–H groups in total. The number of carbonyl (C=O) groups is 1. The Bertz CT molecular complexity index is 1110. The van der Waals surface area contributed by atoms with Crippen LogP contribution in [0.25, 0.3) is 11.0 Å². The minimum absolute atomic E-state index is 0.00243. The summed E-state index contributed by atoms with van der Waals surface area (Å²) in [6, 6.07) is 8.55. The van der Waals surface area contributed by atoms with E-state index in [1.54, 1.807) is 25.1 Å². The van der Waals surface area contributed by atoms with E-state index >= 15 is 0 Å². The molecular weight excluding hydrogens is 451 g/mol. The minimum atomic E-state index is -0.368. The molecule has 170 valence electrons. The lowest BCUT2D eigenvalue weighted by atomic mass is 9.86. The van der Waals surface area contributed by atoms with Crippen LogP contribution in [0.2, 0.25) is 10.0 Å². The Morgan fingerprint density at radius 2 is 2.06 bits per heavy atom. The zero-order chi connectivity index (χ0) is 22.7. The van der Waals surface area contributed by atoms with Crippen LogP contribution < -0.4 is 10.6 Å². The summed E-state index contributed by atoms with van der Waals surface area (Å²) in [7, 11) is 0. The number of fused-ring (bicyclic) bond motifs is 1. The highest BCUT2D eigenvalue weighted by molar-refractivity contribution is 6.35. The Labute approximate surface area is 196 Å². The third-order valence-electron chi connectivity index (χ3n) is 5.82. The number of aromatic amines is 1. The van der Waals surface area contributed by atoms with Gasteiger partial charge in [-0.05, 0) is 81.1 Å². The van der Waals surface area contributed by atoms with Crippen molar-refractivity contribution in [2.45, 2.75) is 32.2 Å². The van der Waals surface area contributed by atoms with Crippen molar-refractivity contribution < 1.29 is 14.6 Å². The number of piperidine rings is 1. The Hall–Kier alpha value is -2.48. The normalized spacial score (nSPS) is 15.6. The number of phenols is 1. The van der Waals surface area contributed by atoms with E-state index in [-0.39, 0.29) is 22.8 Å². The fourth-order valence-electron chi connectivity index (χ4n) is 4.19. The second-order valence-electron chi connectivity index (χ2n) is 7.98. The third-order valence-corrected chi connectivity index (χ3v) is 6.32. The molecule has 0 saturated carbocycles. The average molecular weight is 477 g/mol. The number of ether oxygens (including phenoxy) is 1. The molecule has 1 atom stereocenters. The van der Waals surface area contributed by atoms with Gasteiger partial charge >= 0.3 is 5.97 Å². The summed E-state index contributed by atoms with van der Waals surface area (Å²) in [6.45, 7) is 3.98. The van der Waals surface area contributed by atoms with Crippen molar-refractivity contribution in [3.63, 3.8) is 0 Å². The second-order valence-corrected chi connectivity index (χ2v) is 8.82. The van der Waals surface area contributed by atoms with Gasteiger partial charge in [0.05, 0.1) is 28.2 Å². The lowest BCUT2D eigenvalue weighted by Gasteiger charge is -2.31. The number of hydrogen-bond donors (Lipinski definition) is 4. The second kappa shape index (κ2) is 9.98. The Balaban J connectivity index is 1.60. The summed E-state index contributed by atoms with van der Waals surface area (Å²) in [5.74, 6) is 0.669. The molecule has 0 bridgehead atoms. The number of anilines is 1. The van der Waals surface area contributed by atoms with Crippen LogP contribution >= 0.6 is 23.2 Å². The van der Waals surface area contributed by atoms with E-state index in [1.165, 1.54) is 6.07 Å². The van der Waals surface area contributed by atoms with E-state index in [1.807, 2.05) is 6.07 Å². The monoisotopic (exact) mass is 476 g/mol. The zero-order valence-electron chi connectivity index (χ0n) is 17.8. The van der Waals surface area contributed by atoms with Crippen molar-refractivity contribution in [2.24, 2.45) is 5.92 Å². The van der Waals surface area contributed by atoms with Gasteiger partial charge in [0, 0.05) is 11.1 Å². The van der Waals surface area contributed by atoms with Gasteiger partial charge in [-0.15, -0.1) is 0 Å². The number of carbonyl (C=O) groups excluding carboxylic acids is 1. The van der Waals surface area contributed by atoms with E-state index in [0.717, 1.165) is 31.4 Å². The SMILES string of the molecule is CCOC(=O)c1ccc2[nH]c(NC(Cc3cc(Cl)cc(Cl)c3O)C3CCNCC3)nc2c1. The summed E-state index contributed by atoms with van der Waals surface area (Å²) < 4.78 is 5.08. The van der Waals surface area contributed by atoms with Gasteiger partial charge in [0.1, 0.15) is 5.75 Å². The molecule has 9 heteroatoms. The van der Waals surface area contributed by atoms with Crippen molar-refractivity contribution in [1.29, 1.82) is 0 Å². The maximum atomic E-state index is 12.0. The largest absolute Gasteiger partial charge is 0.506 e. The van der Waals surface area contributed by atoms with Crippen LogP contribution in [0.1, 0.15) is 35.7 Å². The van der Waals surface area contributed by atoms with Crippen LogP contribution in [0, 0.1) is 5.92 Å². The van der Waals surface area contributed by atoms with Gasteiger partial charge in [0.15, 0.2) is 0 Å². The van der Waals surface area contributed by atoms with E-state index in [9.17, 15) is 9.90 Å². The summed E-state index contributed by atoms with van der Waals surface area (Å²) in [5.41, 5.74) is 2.65. The molecule has 0 amide bonds. The number of H-pyrrole nitrogens is 1. The molecule has 1 unspecified atom stereocenters. The Kier molecular flexibility index (Phi) is 7.08. The van der Waals surface area contributed by atoms with Gasteiger partial charge in [0.2, 0.25) is 5.95 Å². The molecule has 1 aliphatic heterocycles. The predicted molar refractivity (Wildman–Crippen MR) is 127 cm³/mol. The number of phenolic OH excluding ortho intramolecular Hbond substituents is 1. The van der Waals surface area contributed by atoms with E-state index < -0.39 is 0 Å².